The van der Waals surface area contributed by atoms with Gasteiger partial charge in [-0.15, -0.1) is 0 Å². The van der Waals surface area contributed by atoms with Gasteiger partial charge in [-0.05, 0) is 18.8 Å². The van der Waals surface area contributed by atoms with E-state index in [2.05, 4.69) is 5.32 Å². The maximum Gasteiger partial charge on any atom is 0.0591 e. The van der Waals surface area contributed by atoms with Crippen LogP contribution in [0.3, 0.4) is 0 Å². The predicted octanol–water partition coefficient (Wildman–Crippen LogP) is 1.76. The molecule has 1 N–H and O–H groups in total. The van der Waals surface area contributed by atoms with E-state index in [1.165, 1.54) is 18.4 Å². The van der Waals surface area contributed by atoms with Crippen molar-refractivity contribution in [1.29, 1.82) is 0 Å². The molecular formula is C9H16ClNO. The first-order valence-corrected chi connectivity index (χ1v) is 4.91. The van der Waals surface area contributed by atoms with Crippen LogP contribution in [0, 0.1) is 5.92 Å². The Morgan fingerprint density at radius 3 is 3.00 bits per heavy atom. The lowest BCUT2D eigenvalue weighted by Gasteiger charge is -2.02. The summed E-state index contributed by atoms with van der Waals surface area (Å²) in [7, 11) is 0. The van der Waals surface area contributed by atoms with E-state index in [1.54, 1.807) is 0 Å². The molecule has 1 saturated carbocycles. The summed E-state index contributed by atoms with van der Waals surface area (Å²) < 4.78 is 5.42. The van der Waals surface area contributed by atoms with Crippen molar-refractivity contribution >= 4 is 11.6 Å². The molecule has 1 fully saturated rings. The zero-order valence-corrected chi connectivity index (χ0v) is 8.02. The first kappa shape index (κ1) is 10.0. The molecule has 0 bridgehead atoms. The van der Waals surface area contributed by atoms with Crippen LogP contribution < -0.4 is 5.32 Å². The van der Waals surface area contributed by atoms with E-state index in [1.807, 2.05) is 6.08 Å². The summed E-state index contributed by atoms with van der Waals surface area (Å²) in [5, 5.41) is 3.18. The minimum Gasteiger partial charge on any atom is -0.380 e. The SMILES string of the molecule is Cl/C=C/CNCCOCC1CC1. The zero-order valence-electron chi connectivity index (χ0n) is 7.26. The second-order valence-electron chi connectivity index (χ2n) is 3.08. The Hall–Kier alpha value is -0.0500. The van der Waals surface area contributed by atoms with Crippen LogP contribution in [0.5, 0.6) is 0 Å². The van der Waals surface area contributed by atoms with Crippen LogP contribution in [0.25, 0.3) is 0 Å². The van der Waals surface area contributed by atoms with Gasteiger partial charge in [0.15, 0.2) is 0 Å². The largest absolute Gasteiger partial charge is 0.380 e. The van der Waals surface area contributed by atoms with E-state index in [4.69, 9.17) is 16.3 Å². The summed E-state index contributed by atoms with van der Waals surface area (Å²) >= 11 is 5.34. The van der Waals surface area contributed by atoms with E-state index in [-0.39, 0.29) is 0 Å². The van der Waals surface area contributed by atoms with E-state index in [9.17, 15) is 0 Å². The van der Waals surface area contributed by atoms with Crippen molar-refractivity contribution in [2.45, 2.75) is 12.8 Å². The van der Waals surface area contributed by atoms with Gasteiger partial charge in [-0.2, -0.15) is 0 Å². The summed E-state index contributed by atoms with van der Waals surface area (Å²) in [5.74, 6) is 0.868. The number of nitrogens with one attached hydrogen (secondary N) is 1. The second kappa shape index (κ2) is 6.46. The van der Waals surface area contributed by atoms with Gasteiger partial charge in [-0.25, -0.2) is 0 Å². The van der Waals surface area contributed by atoms with Gasteiger partial charge in [-0.3, -0.25) is 0 Å². The molecule has 0 aliphatic heterocycles. The van der Waals surface area contributed by atoms with Crippen LogP contribution in [-0.4, -0.2) is 26.3 Å². The third kappa shape index (κ3) is 5.58. The maximum atomic E-state index is 5.42. The first-order chi connectivity index (χ1) is 5.93. The molecule has 3 heteroatoms. The average Bonchev–Trinajstić information content (AvgIpc) is 2.87. The number of rotatable bonds is 7. The molecule has 0 radical (unpaired) electrons. The molecule has 12 heavy (non-hydrogen) atoms. The zero-order chi connectivity index (χ0) is 8.65. The quantitative estimate of drug-likeness (QED) is 0.617. The molecule has 0 amide bonds. The highest BCUT2D eigenvalue weighted by molar-refractivity contribution is 6.25. The third-order valence-electron chi connectivity index (χ3n) is 1.82. The van der Waals surface area contributed by atoms with E-state index < -0.39 is 0 Å². The van der Waals surface area contributed by atoms with Gasteiger partial charge in [-0.1, -0.05) is 17.7 Å². The molecule has 1 aliphatic rings. The van der Waals surface area contributed by atoms with Crippen LogP contribution >= 0.6 is 11.6 Å². The molecule has 0 saturated heterocycles. The normalized spacial score (nSPS) is 17.4. The van der Waals surface area contributed by atoms with Gasteiger partial charge in [0.05, 0.1) is 6.61 Å². The molecule has 0 unspecified atom stereocenters. The highest BCUT2D eigenvalue weighted by Crippen LogP contribution is 2.28. The van der Waals surface area contributed by atoms with Gasteiger partial charge in [0, 0.05) is 25.2 Å². The predicted molar refractivity (Wildman–Crippen MR) is 51.4 cm³/mol. The van der Waals surface area contributed by atoms with Crippen molar-refractivity contribution in [2.24, 2.45) is 5.92 Å². The summed E-state index contributed by atoms with van der Waals surface area (Å²) in [5.41, 5.74) is 1.53. The van der Waals surface area contributed by atoms with Gasteiger partial charge in [0.25, 0.3) is 0 Å². The Balaban J connectivity index is 1.70. The minimum atomic E-state index is 0.812. The van der Waals surface area contributed by atoms with Gasteiger partial charge < -0.3 is 10.1 Å². The van der Waals surface area contributed by atoms with Crippen LogP contribution in [0.2, 0.25) is 0 Å². The van der Waals surface area contributed by atoms with Crippen LogP contribution in [0.1, 0.15) is 12.8 Å². The standard InChI is InChI=1S/C9H16ClNO/c10-4-1-5-11-6-7-12-8-9-2-3-9/h1,4,9,11H,2-3,5-8H2/b4-1+. The van der Waals surface area contributed by atoms with Gasteiger partial charge in [0.1, 0.15) is 0 Å². The van der Waals surface area contributed by atoms with Gasteiger partial charge in [0.2, 0.25) is 0 Å². The Labute approximate surface area is 78.9 Å². The number of halogens is 1. The average molecular weight is 190 g/mol. The molecule has 0 aromatic heterocycles. The number of hydrogen-bond acceptors (Lipinski definition) is 2. The highest BCUT2D eigenvalue weighted by Gasteiger charge is 2.20. The third-order valence-corrected chi connectivity index (χ3v) is 2.00. The molecule has 0 aromatic rings. The fourth-order valence-electron chi connectivity index (χ4n) is 0.909. The molecular weight excluding hydrogens is 174 g/mol. The van der Waals surface area contributed by atoms with E-state index in [0.717, 1.165) is 32.2 Å². The summed E-state index contributed by atoms with van der Waals surface area (Å²) in [6.45, 7) is 3.50. The van der Waals surface area contributed by atoms with Crippen molar-refractivity contribution in [2.75, 3.05) is 26.3 Å². The van der Waals surface area contributed by atoms with Gasteiger partial charge >= 0.3 is 0 Å². The number of ether oxygens (including phenoxy) is 1. The topological polar surface area (TPSA) is 21.3 Å². The fourth-order valence-corrected chi connectivity index (χ4v) is 0.998. The lowest BCUT2D eigenvalue weighted by Crippen LogP contribution is -2.20. The Bertz CT molecular complexity index is 134. The van der Waals surface area contributed by atoms with Crippen molar-refractivity contribution in [3.05, 3.63) is 11.6 Å². The number of hydrogen-bond donors (Lipinski definition) is 1. The van der Waals surface area contributed by atoms with Crippen molar-refractivity contribution in [3.8, 4) is 0 Å². The van der Waals surface area contributed by atoms with Crippen LogP contribution in [0.4, 0.5) is 0 Å². The highest BCUT2D eigenvalue weighted by atomic mass is 35.5. The minimum absolute atomic E-state index is 0.812. The molecule has 0 atom stereocenters. The summed E-state index contributed by atoms with van der Waals surface area (Å²) in [6, 6.07) is 0. The van der Waals surface area contributed by atoms with Crippen LogP contribution in [0.15, 0.2) is 11.6 Å². The van der Waals surface area contributed by atoms with Crippen molar-refractivity contribution < 1.29 is 4.74 Å². The van der Waals surface area contributed by atoms with Crippen molar-refractivity contribution in [3.63, 3.8) is 0 Å². The second-order valence-corrected chi connectivity index (χ2v) is 3.34. The lowest BCUT2D eigenvalue weighted by molar-refractivity contribution is 0.127. The fraction of sp³-hybridized carbons (Fsp3) is 0.778. The Morgan fingerprint density at radius 2 is 2.33 bits per heavy atom. The molecule has 0 spiro atoms. The molecule has 70 valence electrons. The molecule has 0 heterocycles. The first-order valence-electron chi connectivity index (χ1n) is 4.47. The Morgan fingerprint density at radius 1 is 1.50 bits per heavy atom. The maximum absolute atomic E-state index is 5.42. The van der Waals surface area contributed by atoms with Crippen LogP contribution in [-0.2, 0) is 4.74 Å². The Kier molecular flexibility index (Phi) is 5.41. The molecule has 0 aromatic carbocycles. The lowest BCUT2D eigenvalue weighted by atomic mass is 10.5. The summed E-state index contributed by atoms with van der Waals surface area (Å²) in [4.78, 5) is 0. The monoisotopic (exact) mass is 189 g/mol. The molecule has 2 nitrogen and oxygen atoms in total. The van der Waals surface area contributed by atoms with E-state index in [0.29, 0.717) is 0 Å². The van der Waals surface area contributed by atoms with E-state index >= 15 is 0 Å². The molecule has 1 aliphatic carbocycles. The smallest absolute Gasteiger partial charge is 0.0591 e. The van der Waals surface area contributed by atoms with Crippen molar-refractivity contribution in [1.82, 2.24) is 5.32 Å². The summed E-state index contributed by atoms with van der Waals surface area (Å²) in [6.07, 6.45) is 4.60. The molecule has 1 rings (SSSR count).